The fourth-order valence-corrected chi connectivity index (χ4v) is 1.55. The van der Waals surface area contributed by atoms with Gasteiger partial charge >= 0.3 is 0 Å². The van der Waals surface area contributed by atoms with Gasteiger partial charge in [-0.15, -0.1) is 0 Å². The maximum absolute atomic E-state index is 9.83. The van der Waals surface area contributed by atoms with Crippen LogP contribution in [0, 0.1) is 19.8 Å². The summed E-state index contributed by atoms with van der Waals surface area (Å²) in [5, 5.41) is 9.83. The maximum Gasteiger partial charge on any atom is 0.106 e. The fraction of sp³-hybridized carbons (Fsp3) is 0.636. The molecule has 1 aromatic heterocycles. The second-order valence-corrected chi connectivity index (χ2v) is 4.01. The molecule has 2 nitrogen and oxygen atoms in total. The third-order valence-corrected chi connectivity index (χ3v) is 2.13. The minimum absolute atomic E-state index is 0.377. The van der Waals surface area contributed by atoms with Crippen molar-refractivity contribution in [3.8, 4) is 0 Å². The van der Waals surface area contributed by atoms with E-state index in [2.05, 4.69) is 13.8 Å². The molecule has 1 unspecified atom stereocenters. The van der Waals surface area contributed by atoms with Gasteiger partial charge in [-0.2, -0.15) is 0 Å². The van der Waals surface area contributed by atoms with Crippen LogP contribution in [0.2, 0.25) is 0 Å². The molecule has 13 heavy (non-hydrogen) atoms. The Kier molecular flexibility index (Phi) is 3.15. The first kappa shape index (κ1) is 10.3. The van der Waals surface area contributed by atoms with Gasteiger partial charge in [-0.25, -0.2) is 0 Å². The normalized spacial score (nSPS) is 13.7. The molecule has 0 amide bonds. The quantitative estimate of drug-likeness (QED) is 0.779. The summed E-state index contributed by atoms with van der Waals surface area (Å²) in [5.41, 5.74) is 0.936. The molecule has 1 aromatic rings. The van der Waals surface area contributed by atoms with Gasteiger partial charge in [-0.1, -0.05) is 13.8 Å². The van der Waals surface area contributed by atoms with Gasteiger partial charge in [0.2, 0.25) is 0 Å². The minimum Gasteiger partial charge on any atom is -0.466 e. The number of aliphatic hydroxyl groups is 1. The fourth-order valence-electron chi connectivity index (χ4n) is 1.55. The lowest BCUT2D eigenvalue weighted by molar-refractivity contribution is 0.149. The van der Waals surface area contributed by atoms with E-state index >= 15 is 0 Å². The largest absolute Gasteiger partial charge is 0.466 e. The molecule has 0 aliphatic carbocycles. The van der Waals surface area contributed by atoms with Crippen molar-refractivity contribution in [1.29, 1.82) is 0 Å². The Labute approximate surface area is 79.6 Å². The summed E-state index contributed by atoms with van der Waals surface area (Å²) in [6, 6.07) is 1.92. The van der Waals surface area contributed by atoms with E-state index in [4.69, 9.17) is 4.42 Å². The third kappa shape index (κ3) is 2.59. The summed E-state index contributed by atoms with van der Waals surface area (Å²) in [7, 11) is 0. The molecule has 1 heterocycles. The van der Waals surface area contributed by atoms with Gasteiger partial charge in [0.1, 0.15) is 11.5 Å². The summed E-state index contributed by atoms with van der Waals surface area (Å²) >= 11 is 0. The second-order valence-electron chi connectivity index (χ2n) is 4.01. The van der Waals surface area contributed by atoms with Crippen LogP contribution in [0.25, 0.3) is 0 Å². The predicted molar refractivity (Wildman–Crippen MR) is 52.6 cm³/mol. The smallest absolute Gasteiger partial charge is 0.106 e. The predicted octanol–water partition coefficient (Wildman–Crippen LogP) is 2.98. The Morgan fingerprint density at radius 3 is 2.38 bits per heavy atom. The van der Waals surface area contributed by atoms with Crippen LogP contribution in [0.3, 0.4) is 0 Å². The van der Waals surface area contributed by atoms with E-state index in [1.165, 1.54) is 0 Å². The summed E-state index contributed by atoms with van der Waals surface area (Å²) < 4.78 is 5.36. The highest BCUT2D eigenvalue weighted by molar-refractivity contribution is 5.22. The third-order valence-electron chi connectivity index (χ3n) is 2.13. The zero-order chi connectivity index (χ0) is 10.0. The molecule has 0 fully saturated rings. The Bertz CT molecular complexity index is 274. The maximum atomic E-state index is 9.83. The van der Waals surface area contributed by atoms with Crippen molar-refractivity contribution in [1.82, 2.24) is 0 Å². The van der Waals surface area contributed by atoms with Crippen LogP contribution in [0.1, 0.15) is 43.5 Å². The highest BCUT2D eigenvalue weighted by Crippen LogP contribution is 2.26. The second kappa shape index (κ2) is 3.97. The zero-order valence-corrected chi connectivity index (χ0v) is 8.79. The molecule has 1 N–H and O–H groups in total. The molecule has 0 aliphatic rings. The van der Waals surface area contributed by atoms with E-state index in [0.29, 0.717) is 5.92 Å². The molecule has 0 radical (unpaired) electrons. The van der Waals surface area contributed by atoms with Gasteiger partial charge in [0, 0.05) is 5.56 Å². The van der Waals surface area contributed by atoms with E-state index < -0.39 is 0 Å². The van der Waals surface area contributed by atoms with Crippen molar-refractivity contribution in [2.75, 3.05) is 0 Å². The van der Waals surface area contributed by atoms with Crippen LogP contribution in [0.4, 0.5) is 0 Å². The van der Waals surface area contributed by atoms with Crippen LogP contribution >= 0.6 is 0 Å². The van der Waals surface area contributed by atoms with Crippen LogP contribution in [-0.2, 0) is 0 Å². The van der Waals surface area contributed by atoms with Gasteiger partial charge in [-0.3, -0.25) is 0 Å². The molecule has 0 saturated carbocycles. The number of furan rings is 1. The highest BCUT2D eigenvalue weighted by Gasteiger charge is 2.15. The molecule has 2 heteroatoms. The first-order chi connectivity index (χ1) is 6.00. The number of rotatable bonds is 3. The van der Waals surface area contributed by atoms with Crippen molar-refractivity contribution in [2.45, 2.75) is 40.2 Å². The lowest BCUT2D eigenvalue weighted by Crippen LogP contribution is -2.01. The van der Waals surface area contributed by atoms with Crippen molar-refractivity contribution in [3.63, 3.8) is 0 Å². The van der Waals surface area contributed by atoms with Gasteiger partial charge in [0.15, 0.2) is 0 Å². The van der Waals surface area contributed by atoms with Gasteiger partial charge < -0.3 is 9.52 Å². The summed E-state index contributed by atoms with van der Waals surface area (Å²) in [5.74, 6) is 2.21. The van der Waals surface area contributed by atoms with E-state index in [1.807, 2.05) is 19.9 Å². The SMILES string of the molecule is Cc1cc(C(O)CC(C)C)c(C)o1. The Morgan fingerprint density at radius 1 is 1.38 bits per heavy atom. The van der Waals surface area contributed by atoms with Gasteiger partial charge in [0.25, 0.3) is 0 Å². The van der Waals surface area contributed by atoms with Crippen LogP contribution in [0.5, 0.6) is 0 Å². The first-order valence-corrected chi connectivity index (χ1v) is 4.75. The average molecular weight is 182 g/mol. The van der Waals surface area contributed by atoms with Crippen LogP contribution in [-0.4, -0.2) is 5.11 Å². The molecule has 74 valence electrons. The molecular weight excluding hydrogens is 164 g/mol. The molecule has 0 saturated heterocycles. The molecular formula is C11H18O2. The van der Waals surface area contributed by atoms with Crippen molar-refractivity contribution < 1.29 is 9.52 Å². The van der Waals surface area contributed by atoms with Crippen LogP contribution < -0.4 is 0 Å². The van der Waals surface area contributed by atoms with E-state index in [1.54, 1.807) is 0 Å². The number of aryl methyl sites for hydroxylation is 2. The van der Waals surface area contributed by atoms with Gasteiger partial charge in [0.05, 0.1) is 6.10 Å². The standard InChI is InChI=1S/C11H18O2/c1-7(2)5-11(12)10-6-8(3)13-9(10)4/h6-7,11-12H,5H2,1-4H3. The van der Waals surface area contributed by atoms with Crippen LogP contribution in [0.15, 0.2) is 10.5 Å². The van der Waals surface area contributed by atoms with Crippen molar-refractivity contribution >= 4 is 0 Å². The summed E-state index contributed by atoms with van der Waals surface area (Å²) in [4.78, 5) is 0. The monoisotopic (exact) mass is 182 g/mol. The van der Waals surface area contributed by atoms with E-state index in [0.717, 1.165) is 23.5 Å². The topological polar surface area (TPSA) is 33.4 Å². The highest BCUT2D eigenvalue weighted by atomic mass is 16.3. The molecule has 0 aromatic carbocycles. The average Bonchev–Trinajstić information content (AvgIpc) is 2.28. The number of aliphatic hydroxyl groups excluding tert-OH is 1. The molecule has 1 atom stereocenters. The molecule has 0 bridgehead atoms. The summed E-state index contributed by atoms with van der Waals surface area (Å²) in [6.07, 6.45) is 0.414. The van der Waals surface area contributed by atoms with E-state index in [9.17, 15) is 5.11 Å². The number of hydrogen-bond acceptors (Lipinski definition) is 2. The molecule has 0 aliphatic heterocycles. The van der Waals surface area contributed by atoms with E-state index in [-0.39, 0.29) is 6.10 Å². The zero-order valence-electron chi connectivity index (χ0n) is 8.79. The van der Waals surface area contributed by atoms with Crippen molar-refractivity contribution in [2.24, 2.45) is 5.92 Å². The first-order valence-electron chi connectivity index (χ1n) is 4.75. The lowest BCUT2D eigenvalue weighted by Gasteiger charge is -2.11. The summed E-state index contributed by atoms with van der Waals surface area (Å²) in [6.45, 7) is 8.00. The lowest BCUT2D eigenvalue weighted by atomic mass is 10.00. The molecule has 1 rings (SSSR count). The van der Waals surface area contributed by atoms with Crippen molar-refractivity contribution in [3.05, 3.63) is 23.2 Å². The number of hydrogen-bond donors (Lipinski definition) is 1. The Hall–Kier alpha value is -0.760. The Morgan fingerprint density at radius 2 is 2.00 bits per heavy atom. The molecule has 0 spiro atoms. The minimum atomic E-state index is -0.377. The Balaban J connectivity index is 2.76. The van der Waals surface area contributed by atoms with Gasteiger partial charge in [-0.05, 0) is 32.3 Å².